The summed E-state index contributed by atoms with van der Waals surface area (Å²) in [7, 11) is 0. The largest absolute Gasteiger partial charge is 0.465 e. The molecule has 2 atom stereocenters. The van der Waals surface area contributed by atoms with E-state index in [9.17, 15) is 18.0 Å². The van der Waals surface area contributed by atoms with Crippen LogP contribution >= 0.6 is 0 Å². The van der Waals surface area contributed by atoms with Crippen molar-refractivity contribution in [3.05, 3.63) is 30.3 Å². The van der Waals surface area contributed by atoms with Gasteiger partial charge in [0.05, 0.1) is 12.3 Å². The lowest BCUT2D eigenvalue weighted by Gasteiger charge is -2.28. The van der Waals surface area contributed by atoms with Crippen LogP contribution < -0.4 is 5.01 Å². The molecular formula is C13H13F3N2O2. The Morgan fingerprint density at radius 3 is 2.55 bits per heavy atom. The van der Waals surface area contributed by atoms with E-state index in [0.717, 1.165) is 11.2 Å². The third kappa shape index (κ3) is 2.76. The van der Waals surface area contributed by atoms with Crippen molar-refractivity contribution >= 4 is 17.9 Å². The van der Waals surface area contributed by atoms with Gasteiger partial charge in [-0.25, -0.2) is 0 Å². The highest BCUT2D eigenvalue weighted by molar-refractivity contribution is 5.93. The third-order valence-electron chi connectivity index (χ3n) is 2.87. The molecule has 1 aliphatic rings. The fraction of sp³-hybridized carbons (Fsp3) is 0.385. The number of hydrogen-bond donors (Lipinski definition) is 0. The second-order valence-electron chi connectivity index (χ2n) is 4.21. The molecule has 0 N–H and O–H groups in total. The van der Waals surface area contributed by atoms with E-state index in [1.54, 1.807) is 25.1 Å². The predicted molar refractivity (Wildman–Crippen MR) is 67.4 cm³/mol. The minimum atomic E-state index is -4.59. The maximum Gasteiger partial charge on any atom is 0.412 e. The standard InChI is InChI=1S/C13H13F3N2O2/c1-2-20-12(19)10-8-17-18(11(10)13(14,15)16)9-6-4-3-5-7-9/h3-8,10-11H,2H2,1H3. The van der Waals surface area contributed by atoms with Crippen LogP contribution in [0.3, 0.4) is 0 Å². The monoisotopic (exact) mass is 286 g/mol. The molecule has 0 aliphatic carbocycles. The summed E-state index contributed by atoms with van der Waals surface area (Å²) < 4.78 is 44.3. The molecule has 0 radical (unpaired) electrons. The van der Waals surface area contributed by atoms with Gasteiger partial charge in [-0.1, -0.05) is 18.2 Å². The average Bonchev–Trinajstić information content (AvgIpc) is 2.84. The molecule has 1 aromatic carbocycles. The number of alkyl halides is 3. The molecule has 7 heteroatoms. The van der Waals surface area contributed by atoms with Gasteiger partial charge in [0, 0.05) is 6.21 Å². The Kier molecular flexibility index (Phi) is 3.96. The summed E-state index contributed by atoms with van der Waals surface area (Å²) in [4.78, 5) is 11.6. The molecule has 0 saturated carbocycles. The highest BCUT2D eigenvalue weighted by Crippen LogP contribution is 2.36. The molecule has 0 fully saturated rings. The lowest BCUT2D eigenvalue weighted by Crippen LogP contribution is -2.47. The zero-order valence-electron chi connectivity index (χ0n) is 10.7. The maximum absolute atomic E-state index is 13.2. The molecule has 0 bridgehead atoms. The van der Waals surface area contributed by atoms with Gasteiger partial charge in [-0.2, -0.15) is 18.3 Å². The fourth-order valence-corrected chi connectivity index (χ4v) is 2.03. The maximum atomic E-state index is 13.2. The Bertz CT molecular complexity index is 502. The van der Waals surface area contributed by atoms with Crippen molar-refractivity contribution in [2.45, 2.75) is 19.1 Å². The number of ether oxygens (including phenoxy) is 1. The van der Waals surface area contributed by atoms with Crippen molar-refractivity contribution in [2.24, 2.45) is 11.0 Å². The highest BCUT2D eigenvalue weighted by atomic mass is 19.4. The Hall–Kier alpha value is -2.05. The number of esters is 1. The number of para-hydroxylation sites is 1. The van der Waals surface area contributed by atoms with E-state index < -0.39 is 24.1 Å². The third-order valence-corrected chi connectivity index (χ3v) is 2.87. The van der Waals surface area contributed by atoms with E-state index in [4.69, 9.17) is 0 Å². The van der Waals surface area contributed by atoms with E-state index >= 15 is 0 Å². The van der Waals surface area contributed by atoms with Crippen LogP contribution in [0, 0.1) is 5.92 Å². The van der Waals surface area contributed by atoms with Gasteiger partial charge in [-0.3, -0.25) is 9.80 Å². The number of benzene rings is 1. The van der Waals surface area contributed by atoms with Crippen LogP contribution in [0.25, 0.3) is 0 Å². The van der Waals surface area contributed by atoms with Gasteiger partial charge in [0.2, 0.25) is 0 Å². The molecule has 0 saturated heterocycles. The van der Waals surface area contributed by atoms with Crippen molar-refractivity contribution < 1.29 is 22.7 Å². The number of halogens is 3. The first-order valence-electron chi connectivity index (χ1n) is 6.07. The van der Waals surface area contributed by atoms with E-state index in [-0.39, 0.29) is 12.3 Å². The van der Waals surface area contributed by atoms with Crippen LogP contribution in [0.2, 0.25) is 0 Å². The van der Waals surface area contributed by atoms with Crippen LogP contribution in [-0.2, 0) is 9.53 Å². The van der Waals surface area contributed by atoms with E-state index in [0.29, 0.717) is 0 Å². The van der Waals surface area contributed by atoms with Crippen LogP contribution in [0.4, 0.5) is 18.9 Å². The Morgan fingerprint density at radius 1 is 1.35 bits per heavy atom. The van der Waals surface area contributed by atoms with Crippen LogP contribution in [0.5, 0.6) is 0 Å². The molecule has 108 valence electrons. The number of nitrogens with zero attached hydrogens (tertiary/aromatic N) is 2. The number of anilines is 1. The molecule has 0 spiro atoms. The van der Waals surface area contributed by atoms with Gasteiger partial charge in [-0.05, 0) is 19.1 Å². The number of rotatable bonds is 3. The lowest BCUT2D eigenvalue weighted by molar-refractivity contribution is -0.169. The number of hydrogen-bond acceptors (Lipinski definition) is 4. The first kappa shape index (κ1) is 14.4. The molecule has 20 heavy (non-hydrogen) atoms. The summed E-state index contributed by atoms with van der Waals surface area (Å²) in [5.74, 6) is -2.37. The van der Waals surface area contributed by atoms with Crippen LogP contribution in [0.1, 0.15) is 6.92 Å². The number of hydrazone groups is 1. The molecular weight excluding hydrogens is 273 g/mol. The van der Waals surface area contributed by atoms with Crippen molar-refractivity contribution in [1.29, 1.82) is 0 Å². The summed E-state index contributed by atoms with van der Waals surface area (Å²) >= 11 is 0. The Balaban J connectivity index is 2.31. The summed E-state index contributed by atoms with van der Waals surface area (Å²) in [5, 5.41) is 4.53. The second-order valence-corrected chi connectivity index (χ2v) is 4.21. The van der Waals surface area contributed by atoms with Gasteiger partial charge in [0.25, 0.3) is 0 Å². The smallest absolute Gasteiger partial charge is 0.412 e. The van der Waals surface area contributed by atoms with Gasteiger partial charge >= 0.3 is 12.1 Å². The summed E-state index contributed by atoms with van der Waals surface area (Å²) in [6.07, 6.45) is -3.60. The minimum absolute atomic E-state index is 0.0269. The topological polar surface area (TPSA) is 41.9 Å². The van der Waals surface area contributed by atoms with Crippen LogP contribution in [0.15, 0.2) is 35.4 Å². The molecule has 1 heterocycles. The first-order valence-corrected chi connectivity index (χ1v) is 6.07. The summed E-state index contributed by atoms with van der Waals surface area (Å²) in [6, 6.07) is 5.87. The van der Waals surface area contributed by atoms with Crippen molar-refractivity contribution in [3.63, 3.8) is 0 Å². The van der Waals surface area contributed by atoms with Gasteiger partial charge in [0.15, 0.2) is 6.04 Å². The highest BCUT2D eigenvalue weighted by Gasteiger charge is 2.54. The minimum Gasteiger partial charge on any atom is -0.465 e. The number of carbonyl (C=O) groups excluding carboxylic acids is 1. The van der Waals surface area contributed by atoms with Crippen LogP contribution in [-0.4, -0.2) is 31.0 Å². The zero-order chi connectivity index (χ0) is 14.8. The normalized spacial score (nSPS) is 22.1. The van der Waals surface area contributed by atoms with Crippen molar-refractivity contribution in [3.8, 4) is 0 Å². The summed E-state index contributed by atoms with van der Waals surface area (Å²) in [5.41, 5.74) is 0.276. The summed E-state index contributed by atoms with van der Waals surface area (Å²) in [6.45, 7) is 1.57. The average molecular weight is 286 g/mol. The Morgan fingerprint density at radius 2 is 2.00 bits per heavy atom. The molecule has 2 rings (SSSR count). The SMILES string of the molecule is CCOC(=O)C1C=NN(c2ccccc2)C1C(F)(F)F. The fourth-order valence-electron chi connectivity index (χ4n) is 2.03. The molecule has 1 aliphatic heterocycles. The van der Waals surface area contributed by atoms with E-state index in [2.05, 4.69) is 9.84 Å². The van der Waals surface area contributed by atoms with Gasteiger partial charge in [-0.15, -0.1) is 0 Å². The lowest BCUT2D eigenvalue weighted by atomic mass is 10.0. The van der Waals surface area contributed by atoms with Gasteiger partial charge in [0.1, 0.15) is 5.92 Å². The van der Waals surface area contributed by atoms with Gasteiger partial charge < -0.3 is 4.74 Å². The molecule has 0 aromatic heterocycles. The zero-order valence-corrected chi connectivity index (χ0v) is 10.7. The van der Waals surface area contributed by atoms with E-state index in [1.807, 2.05) is 0 Å². The second kappa shape index (κ2) is 5.52. The molecule has 2 unspecified atom stereocenters. The predicted octanol–water partition coefficient (Wildman–Crippen LogP) is 2.60. The Labute approximate surface area is 113 Å². The quantitative estimate of drug-likeness (QED) is 0.802. The molecule has 4 nitrogen and oxygen atoms in total. The van der Waals surface area contributed by atoms with Crippen molar-refractivity contribution in [1.82, 2.24) is 0 Å². The van der Waals surface area contributed by atoms with E-state index in [1.165, 1.54) is 12.1 Å². The first-order chi connectivity index (χ1) is 9.45. The van der Waals surface area contributed by atoms with Crippen molar-refractivity contribution in [2.75, 3.05) is 11.6 Å². The molecule has 1 aromatic rings. The number of carbonyl (C=O) groups is 1. The molecule has 0 amide bonds.